The predicted octanol–water partition coefficient (Wildman–Crippen LogP) is 24.8. The van der Waals surface area contributed by atoms with Crippen LogP contribution in [0, 0.1) is 7.14 Å². The molecule has 0 aliphatic carbocycles. The van der Waals surface area contributed by atoms with Gasteiger partial charge in [-0.2, -0.15) is 0 Å². The number of nitrogens with zero attached hydrogens (tertiary/aromatic N) is 3. The smallest absolute Gasteiger partial charge is 0.493 e. The van der Waals surface area contributed by atoms with Crippen LogP contribution in [0.15, 0.2) is 259 Å². The molecule has 21 heteroatoms. The van der Waals surface area contributed by atoms with Gasteiger partial charge in [0.15, 0.2) is 30.8 Å². The van der Waals surface area contributed by atoms with E-state index in [1.54, 1.807) is 34.0 Å². The van der Waals surface area contributed by atoms with Crippen molar-refractivity contribution in [2.45, 2.75) is 85.4 Å². The molecule has 16 aromatic rings. The van der Waals surface area contributed by atoms with Gasteiger partial charge in [-0.15, -0.1) is 34.0 Å². The lowest BCUT2D eigenvalue weighted by molar-refractivity contribution is -0.0980. The van der Waals surface area contributed by atoms with E-state index in [-0.39, 0.29) is 13.6 Å². The van der Waals surface area contributed by atoms with Gasteiger partial charge in [0.25, 0.3) is 0 Å². The summed E-state index contributed by atoms with van der Waals surface area (Å²) in [7, 11) is -0.497. The lowest BCUT2D eigenvalue weighted by Crippen LogP contribution is -2.41. The van der Waals surface area contributed by atoms with Gasteiger partial charge in [-0.1, -0.05) is 158 Å². The summed E-state index contributed by atoms with van der Waals surface area (Å²) in [6.45, 7) is 20.8. The number of hydrogen-bond donors (Lipinski definition) is 0. The van der Waals surface area contributed by atoms with E-state index in [1.165, 1.54) is 32.3 Å². The quantitative estimate of drug-likeness (QED) is 0.0184. The van der Waals surface area contributed by atoms with Crippen molar-refractivity contribution in [1.29, 1.82) is 0 Å². The van der Waals surface area contributed by atoms with E-state index >= 15 is 0 Å². The van der Waals surface area contributed by atoms with Crippen molar-refractivity contribution >= 4 is 163 Å². The molecule has 17 rings (SSSR count). The minimum atomic E-state index is -0.497. The number of rotatable bonds is 30. The van der Waals surface area contributed by atoms with Crippen LogP contribution < -0.4 is 37.9 Å². The van der Waals surface area contributed by atoms with Crippen molar-refractivity contribution in [3.8, 4) is 78.2 Å². The average Bonchev–Trinajstić information content (AvgIpc) is 1.59. The summed E-state index contributed by atoms with van der Waals surface area (Å²) < 4.78 is 77.9. The largest absolute Gasteiger partial charge is 0.509 e. The van der Waals surface area contributed by atoms with Gasteiger partial charge in [0, 0.05) is 72.8 Å². The fraction of sp³-hybridized carbons (Fsp3) is 0.232. The fourth-order valence-electron chi connectivity index (χ4n) is 14.3. The molecule has 116 heavy (non-hydrogen) atoms. The van der Waals surface area contributed by atoms with E-state index in [2.05, 4.69) is 291 Å². The third-order valence-corrected chi connectivity index (χ3v) is 25.2. The zero-order valence-electron chi connectivity index (χ0n) is 66.0. The lowest BCUT2D eigenvalue weighted by Gasteiger charge is -2.32. The first-order chi connectivity index (χ1) is 56.9. The van der Waals surface area contributed by atoms with Crippen LogP contribution in [0.1, 0.15) is 74.1 Å². The minimum Gasteiger partial charge on any atom is -0.493 e. The van der Waals surface area contributed by atoms with Crippen molar-refractivity contribution in [1.82, 2.24) is 13.7 Å². The summed E-state index contributed by atoms with van der Waals surface area (Å²) in [5.41, 5.74) is 11.0. The van der Waals surface area contributed by atoms with Gasteiger partial charge in [-0.3, -0.25) is 0 Å². The first-order valence-electron chi connectivity index (χ1n) is 39.0. The first-order valence-corrected chi connectivity index (χ1v) is 43.8. The van der Waals surface area contributed by atoms with Crippen LogP contribution in [0.5, 0.6) is 40.2 Å². The van der Waals surface area contributed by atoms with Gasteiger partial charge in [0.2, 0.25) is 0 Å². The molecule has 0 amide bonds. The van der Waals surface area contributed by atoms with E-state index in [4.69, 9.17) is 56.7 Å². The molecule has 0 atom stereocenters. The van der Waals surface area contributed by atoms with Gasteiger partial charge in [0.1, 0.15) is 41.2 Å². The number of unbranched alkanes of at least 4 members (excludes halogenated alkanes) is 2. The molecule has 1 aliphatic rings. The second kappa shape index (κ2) is 39.1. The molecular weight excluding hydrogens is 1740 g/mol. The van der Waals surface area contributed by atoms with Crippen LogP contribution in [0.4, 0.5) is 0 Å². The van der Waals surface area contributed by atoms with Crippen LogP contribution in [-0.4, -0.2) is 98.6 Å². The van der Waals surface area contributed by atoms with Crippen molar-refractivity contribution in [3.05, 3.63) is 266 Å². The molecule has 6 aromatic heterocycles. The number of hydrogen-bond acceptors (Lipinski definition) is 15. The summed E-state index contributed by atoms with van der Waals surface area (Å²) >= 11 is 9.52. The number of fused-ring (bicyclic) bond motifs is 9. The van der Waals surface area contributed by atoms with E-state index in [0.717, 1.165) is 162 Å². The Morgan fingerprint density at radius 3 is 0.974 bits per heavy atom. The van der Waals surface area contributed by atoms with Crippen molar-refractivity contribution in [2.75, 3.05) is 59.8 Å². The van der Waals surface area contributed by atoms with Crippen molar-refractivity contribution < 1.29 is 56.7 Å². The highest BCUT2D eigenvalue weighted by Crippen LogP contribution is 2.50. The highest BCUT2D eigenvalue weighted by atomic mass is 127. The minimum absolute atomic E-state index is 0.151. The Bertz CT molecular complexity index is 5760. The van der Waals surface area contributed by atoms with Gasteiger partial charge >= 0.3 is 7.12 Å². The maximum absolute atomic E-state index is 8.00. The lowest BCUT2D eigenvalue weighted by atomic mass is 9.87. The summed E-state index contributed by atoms with van der Waals surface area (Å²) in [5.74, 6) is 5.97. The first kappa shape index (κ1) is 82.8. The molecule has 0 N–H and O–H groups in total. The van der Waals surface area contributed by atoms with Crippen molar-refractivity contribution in [3.63, 3.8) is 0 Å². The number of ether oxygens (including phenoxy) is 9. The molecule has 7 heterocycles. The predicted molar refractivity (Wildman–Crippen MR) is 494 cm³/mol. The second-order valence-electron chi connectivity index (χ2n) is 28.2. The number of carbonyl (C=O) groups is 1. The van der Waals surface area contributed by atoms with E-state index < -0.39 is 18.3 Å². The maximum Gasteiger partial charge on any atom is 0.509 e. The summed E-state index contributed by atoms with van der Waals surface area (Å²) in [4.78, 5) is 10.1. The molecule has 0 unspecified atom stereocenters. The van der Waals surface area contributed by atoms with Crippen LogP contribution in [0.3, 0.4) is 0 Å². The normalized spacial score (nSPS) is 12.8. The molecule has 1 fully saturated rings. The van der Waals surface area contributed by atoms with Gasteiger partial charge in [-0.05, 0) is 204 Å². The number of aromatic nitrogens is 3. The van der Waals surface area contributed by atoms with Gasteiger partial charge in [0.05, 0.1) is 105 Å². The Morgan fingerprint density at radius 1 is 0.345 bits per heavy atom. The zero-order valence-corrected chi connectivity index (χ0v) is 72.8. The summed E-state index contributed by atoms with van der Waals surface area (Å²) in [6, 6.07) is 83.8. The number of thiophene rings is 3. The number of para-hydroxylation sites is 10. The number of carbonyl (C=O) groups excluding carboxylic acids is 1. The molecule has 594 valence electrons. The highest BCUT2D eigenvalue weighted by molar-refractivity contribution is 14.1. The standard InChI is InChI=1S/C53H46N2O5S2.C25H28BNO4S.C16H16I2O2.CH2O/c1-3-56-35-60-51-47(55-44-27-13-7-21-38(44)39-22-8-14-28-45(39)55)34-62-53(51)41-24-10-16-30-49(41)59-32-18-17-31-58-48-29-15-9-23-40(48)52-50(57-4-2)46(33-61-52)54-42-25-11-5-19-36(42)37-20-6-12-26-43(37)54;1-6-28-16-29-22-21(15-32-23(22)26-30-24(2,3)25(4,5)31-26)27-19-13-9-7-11-17(19)18-12-8-10-14-20(18)27;17-13-7-1-3-9-15(13)19-11-5-6-12-20-16-10-4-2-8-14(16)18;1-2/h5-16,19-30,33-34H,3-4,17-18,31-32,35H2,1-2H3;7-15H,6,16H2,1-5H3;1-4,7-10H,5-6,11-12H2;1H2. The SMILES string of the molecule is C=O.CCOCOc1c(-n2c3ccccc3c3ccccc32)csc1-c1ccccc1OCCCCOc1ccccc1-c1scc(-n2c3ccccc3c3ccccc32)c1OCC.CCOCOc1c(-n2c3ccccc3c3ccccc32)csc1B1OC(C)(C)C(C)(C)O1.Ic1ccccc1OCCCCOc1ccccc1I. The second-order valence-corrected chi connectivity index (χ2v) is 33.2. The third kappa shape index (κ3) is 17.9. The highest BCUT2D eigenvalue weighted by Gasteiger charge is 2.53. The Balaban J connectivity index is 0.000000169. The molecule has 0 saturated carbocycles. The zero-order chi connectivity index (χ0) is 80.6. The molecule has 1 saturated heterocycles. The Morgan fingerprint density at radius 2 is 0.629 bits per heavy atom. The van der Waals surface area contributed by atoms with Crippen LogP contribution in [0.25, 0.3) is 103 Å². The van der Waals surface area contributed by atoms with Crippen LogP contribution >= 0.6 is 79.2 Å². The van der Waals surface area contributed by atoms with Gasteiger partial charge < -0.3 is 70.4 Å². The van der Waals surface area contributed by atoms with E-state index in [1.807, 2.05) is 82.2 Å². The molecule has 0 spiro atoms. The molecule has 0 radical (unpaired) electrons. The van der Waals surface area contributed by atoms with Gasteiger partial charge in [-0.25, -0.2) is 0 Å². The molecule has 0 bridgehead atoms. The van der Waals surface area contributed by atoms with Crippen LogP contribution in [-0.2, 0) is 23.6 Å². The van der Waals surface area contributed by atoms with E-state index in [0.29, 0.717) is 33.0 Å². The number of benzene rings is 10. The Labute approximate surface area is 716 Å². The fourth-order valence-corrected chi connectivity index (χ4v) is 18.3. The number of halogens is 2. The third-order valence-electron chi connectivity index (χ3n) is 20.5. The Kier molecular flexibility index (Phi) is 27.9. The summed E-state index contributed by atoms with van der Waals surface area (Å²) in [5, 5.41) is 13.8. The molecule has 1 aliphatic heterocycles. The molecule has 10 aromatic carbocycles. The average molecular weight is 1830 g/mol. The topological polar surface area (TPSA) is 133 Å². The van der Waals surface area contributed by atoms with E-state index in [9.17, 15) is 0 Å². The molecular formula is C95H92BI2N3O12S3. The Hall–Kier alpha value is -9.67. The van der Waals surface area contributed by atoms with Crippen LogP contribution in [0.2, 0.25) is 0 Å². The van der Waals surface area contributed by atoms with Crippen molar-refractivity contribution in [2.24, 2.45) is 0 Å². The monoisotopic (exact) mass is 1830 g/mol. The summed E-state index contributed by atoms with van der Waals surface area (Å²) in [6.07, 6.45) is 3.64. The molecule has 15 nitrogen and oxygen atoms in total. The maximum atomic E-state index is 8.00.